The fourth-order valence-electron chi connectivity index (χ4n) is 3.60. The van der Waals surface area contributed by atoms with Crippen molar-refractivity contribution in [2.24, 2.45) is 16.5 Å². The molecular weight excluding hydrogens is 424 g/mol. The van der Waals surface area contributed by atoms with E-state index in [0.717, 1.165) is 22.3 Å². The molecule has 0 aliphatic heterocycles. The van der Waals surface area contributed by atoms with Gasteiger partial charge < -0.3 is 16.8 Å². The van der Waals surface area contributed by atoms with Crippen molar-refractivity contribution in [2.75, 3.05) is 6.54 Å². The van der Waals surface area contributed by atoms with Crippen molar-refractivity contribution in [3.05, 3.63) is 83.6 Å². The van der Waals surface area contributed by atoms with Gasteiger partial charge in [0.1, 0.15) is 5.82 Å². The Morgan fingerprint density at radius 1 is 1.30 bits per heavy atom. The minimum Gasteiger partial charge on any atom is -0.370 e. The van der Waals surface area contributed by atoms with Crippen LogP contribution in [-0.4, -0.2) is 29.6 Å². The zero-order chi connectivity index (χ0) is 24.6. The van der Waals surface area contributed by atoms with Gasteiger partial charge in [0.15, 0.2) is 5.96 Å². The van der Waals surface area contributed by atoms with Crippen LogP contribution in [0.15, 0.2) is 65.9 Å². The van der Waals surface area contributed by atoms with Crippen LogP contribution in [-0.2, 0) is 16.6 Å². The van der Waals surface area contributed by atoms with Crippen molar-refractivity contribution >= 4 is 17.4 Å². The summed E-state index contributed by atoms with van der Waals surface area (Å²) in [5.41, 5.74) is 13.7. The summed E-state index contributed by atoms with van der Waals surface area (Å²) in [6.07, 6.45) is 2.11. The van der Waals surface area contributed by atoms with Crippen LogP contribution in [0, 0.1) is 5.82 Å². The van der Waals surface area contributed by atoms with Gasteiger partial charge in [0.05, 0.1) is 18.3 Å². The van der Waals surface area contributed by atoms with Gasteiger partial charge in [-0.3, -0.25) is 9.78 Å². The van der Waals surface area contributed by atoms with E-state index in [9.17, 15) is 13.6 Å². The maximum absolute atomic E-state index is 14.4. The van der Waals surface area contributed by atoms with Gasteiger partial charge in [-0.15, -0.1) is 0 Å². The Morgan fingerprint density at radius 2 is 1.97 bits per heavy atom. The molecular formula is C25H31F2N5O. The highest BCUT2D eigenvalue weighted by Gasteiger charge is 2.33. The fourth-order valence-corrected chi connectivity index (χ4v) is 3.60. The Balaban J connectivity index is 2.22. The summed E-state index contributed by atoms with van der Waals surface area (Å²) in [5.74, 6) is -0.808. The first kappa shape index (κ1) is 25.7. The molecule has 0 aliphatic rings. The number of primary amides is 1. The van der Waals surface area contributed by atoms with E-state index in [1.54, 1.807) is 13.1 Å². The van der Waals surface area contributed by atoms with Crippen molar-refractivity contribution in [3.8, 4) is 0 Å². The Kier molecular flexibility index (Phi) is 8.85. The van der Waals surface area contributed by atoms with E-state index in [1.165, 1.54) is 25.3 Å². The standard InChI is InChI=1S/C25H31F2N5O/c1-16(2)20(19-9-7-18(8-10-19)12-22(28)33)14-31-24(29)32-15-25(4,13-17(3)26)23-21(27)6-5-11-30-23/h5-11,14,17H,1,12-13,15H2,2-4H3,(H2,28,33)(H3,29,31,32)/b20-14+/t17-,25-/m1/s1. The number of hydrogen-bond acceptors (Lipinski definition) is 3. The normalized spacial score (nSPS) is 14.9. The third-order valence-electron chi connectivity index (χ3n) is 5.16. The molecule has 1 heterocycles. The summed E-state index contributed by atoms with van der Waals surface area (Å²) in [6, 6.07) is 10.1. The number of carbonyl (C=O) groups is 1. The van der Waals surface area contributed by atoms with Crippen LogP contribution in [0.4, 0.5) is 8.78 Å². The lowest BCUT2D eigenvalue weighted by molar-refractivity contribution is -0.117. The first-order chi connectivity index (χ1) is 15.5. The Labute approximate surface area is 193 Å². The molecule has 0 bridgehead atoms. The largest absolute Gasteiger partial charge is 0.370 e. The lowest BCUT2D eigenvalue weighted by atomic mass is 9.81. The van der Waals surface area contributed by atoms with E-state index in [4.69, 9.17) is 11.5 Å². The highest BCUT2D eigenvalue weighted by atomic mass is 19.1. The van der Waals surface area contributed by atoms with Gasteiger partial charge in [-0.05, 0) is 49.1 Å². The SMILES string of the molecule is C=C(C)/C(=C\N=C(/N)NC[C@@](C)(C[C@@H](C)F)c1ncccc1F)c1ccc(CC(N)=O)cc1. The molecule has 0 radical (unpaired) electrons. The Bertz CT molecular complexity index is 1050. The van der Waals surface area contributed by atoms with Gasteiger partial charge in [0.2, 0.25) is 5.91 Å². The molecule has 0 saturated carbocycles. The molecule has 2 atom stereocenters. The van der Waals surface area contributed by atoms with E-state index in [1.807, 2.05) is 31.2 Å². The number of allylic oxidation sites excluding steroid dienone is 2. The number of carbonyl (C=O) groups excluding carboxylic acids is 1. The molecule has 33 heavy (non-hydrogen) atoms. The van der Waals surface area contributed by atoms with E-state index in [0.29, 0.717) is 0 Å². The summed E-state index contributed by atoms with van der Waals surface area (Å²) in [7, 11) is 0. The summed E-state index contributed by atoms with van der Waals surface area (Å²) >= 11 is 0. The molecule has 0 fully saturated rings. The third kappa shape index (κ3) is 7.52. The van der Waals surface area contributed by atoms with Crippen molar-refractivity contribution in [1.29, 1.82) is 0 Å². The monoisotopic (exact) mass is 455 g/mol. The van der Waals surface area contributed by atoms with E-state index >= 15 is 0 Å². The smallest absolute Gasteiger partial charge is 0.221 e. The fraction of sp³-hybridized carbons (Fsp3) is 0.320. The van der Waals surface area contributed by atoms with E-state index < -0.39 is 23.3 Å². The highest BCUT2D eigenvalue weighted by molar-refractivity contribution is 5.83. The number of amides is 1. The molecule has 1 aromatic heterocycles. The number of hydrogen-bond donors (Lipinski definition) is 3. The second-order valence-corrected chi connectivity index (χ2v) is 8.41. The minimum absolute atomic E-state index is 0.0612. The first-order valence-electron chi connectivity index (χ1n) is 10.6. The molecule has 0 aliphatic carbocycles. The molecule has 1 aromatic carbocycles. The quantitative estimate of drug-likeness (QED) is 0.288. The number of nitrogens with zero attached hydrogens (tertiary/aromatic N) is 2. The lowest BCUT2D eigenvalue weighted by Gasteiger charge is -2.30. The number of benzene rings is 1. The topological polar surface area (TPSA) is 106 Å². The van der Waals surface area contributed by atoms with Crippen LogP contribution < -0.4 is 16.8 Å². The summed E-state index contributed by atoms with van der Waals surface area (Å²) in [6.45, 7) is 9.12. The van der Waals surface area contributed by atoms with Crippen LogP contribution in [0.3, 0.4) is 0 Å². The summed E-state index contributed by atoms with van der Waals surface area (Å²) in [5, 5.41) is 2.96. The number of guanidine groups is 1. The summed E-state index contributed by atoms with van der Waals surface area (Å²) in [4.78, 5) is 19.5. The lowest BCUT2D eigenvalue weighted by Crippen LogP contribution is -2.44. The van der Waals surface area contributed by atoms with Crippen LogP contribution >= 0.6 is 0 Å². The molecule has 176 valence electrons. The molecule has 6 nitrogen and oxygen atoms in total. The molecule has 2 rings (SSSR count). The predicted molar refractivity (Wildman–Crippen MR) is 128 cm³/mol. The number of aromatic nitrogens is 1. The molecule has 0 spiro atoms. The predicted octanol–water partition coefficient (Wildman–Crippen LogP) is 3.78. The first-order valence-corrected chi connectivity index (χ1v) is 10.6. The van der Waals surface area contributed by atoms with Gasteiger partial charge in [-0.2, -0.15) is 0 Å². The molecule has 2 aromatic rings. The molecule has 0 unspecified atom stereocenters. The van der Waals surface area contributed by atoms with Crippen molar-refractivity contribution in [2.45, 2.75) is 45.2 Å². The van der Waals surface area contributed by atoms with Crippen molar-refractivity contribution in [1.82, 2.24) is 10.3 Å². The van der Waals surface area contributed by atoms with Crippen molar-refractivity contribution in [3.63, 3.8) is 0 Å². The average molecular weight is 456 g/mol. The van der Waals surface area contributed by atoms with Crippen LogP contribution in [0.5, 0.6) is 0 Å². The number of pyridine rings is 1. The van der Waals surface area contributed by atoms with Gasteiger partial charge in [0, 0.05) is 29.9 Å². The Hall–Kier alpha value is -3.55. The van der Waals surface area contributed by atoms with Gasteiger partial charge in [0.25, 0.3) is 0 Å². The highest BCUT2D eigenvalue weighted by Crippen LogP contribution is 2.30. The average Bonchev–Trinajstić information content (AvgIpc) is 2.72. The van der Waals surface area contributed by atoms with Gasteiger partial charge >= 0.3 is 0 Å². The zero-order valence-electron chi connectivity index (χ0n) is 19.2. The summed E-state index contributed by atoms with van der Waals surface area (Å²) < 4.78 is 28.3. The number of nitrogens with two attached hydrogens (primary N) is 2. The molecule has 5 N–H and O–H groups in total. The van der Waals surface area contributed by atoms with Gasteiger partial charge in [-0.25, -0.2) is 13.8 Å². The number of halogens is 2. The Morgan fingerprint density at radius 3 is 2.52 bits per heavy atom. The van der Waals surface area contributed by atoms with Crippen LogP contribution in [0.2, 0.25) is 0 Å². The molecule has 0 saturated heterocycles. The van der Waals surface area contributed by atoms with E-state index in [2.05, 4.69) is 21.9 Å². The third-order valence-corrected chi connectivity index (χ3v) is 5.16. The zero-order valence-corrected chi connectivity index (χ0v) is 19.2. The maximum atomic E-state index is 14.4. The second-order valence-electron chi connectivity index (χ2n) is 8.41. The number of aliphatic imine (C=N–C) groups is 1. The maximum Gasteiger partial charge on any atom is 0.221 e. The molecule has 8 heteroatoms. The van der Waals surface area contributed by atoms with Crippen molar-refractivity contribution < 1.29 is 13.6 Å². The number of alkyl halides is 1. The number of rotatable bonds is 10. The second kappa shape index (κ2) is 11.4. The van der Waals surface area contributed by atoms with Crippen LogP contribution in [0.1, 0.15) is 44.0 Å². The van der Waals surface area contributed by atoms with Crippen LogP contribution in [0.25, 0.3) is 5.57 Å². The van der Waals surface area contributed by atoms with E-state index in [-0.39, 0.29) is 31.0 Å². The van der Waals surface area contributed by atoms with Gasteiger partial charge in [-0.1, -0.05) is 37.8 Å². The molecule has 1 amide bonds. The minimum atomic E-state index is -1.16. The number of nitrogens with one attached hydrogen (secondary N) is 1.